The number of hydrogen-bond donors (Lipinski definition) is 1. The van der Waals surface area contributed by atoms with Crippen molar-refractivity contribution in [3.63, 3.8) is 0 Å². The van der Waals surface area contributed by atoms with E-state index in [9.17, 15) is 14.7 Å². The first-order valence-corrected chi connectivity index (χ1v) is 8.94. The van der Waals surface area contributed by atoms with Gasteiger partial charge in [0.1, 0.15) is 5.75 Å². The summed E-state index contributed by atoms with van der Waals surface area (Å²) in [5, 5.41) is 14.8. The van der Waals surface area contributed by atoms with Crippen molar-refractivity contribution in [2.24, 2.45) is 40.6 Å². The van der Waals surface area contributed by atoms with Gasteiger partial charge in [-0.25, -0.2) is 0 Å². The summed E-state index contributed by atoms with van der Waals surface area (Å²) in [4.78, 5) is 25.5. The molecule has 4 aliphatic carbocycles. The van der Waals surface area contributed by atoms with Crippen molar-refractivity contribution in [2.75, 3.05) is 0 Å². The number of hydrogen-bond acceptors (Lipinski definition) is 4. The Balaban J connectivity index is 1.44. The van der Waals surface area contributed by atoms with E-state index in [1.54, 1.807) is 12.1 Å². The maximum atomic E-state index is 12.8. The third-order valence-corrected chi connectivity index (χ3v) is 6.57. The molecule has 2 amide bonds. The van der Waals surface area contributed by atoms with Gasteiger partial charge in [0.25, 0.3) is 11.8 Å². The molecule has 6 atom stereocenters. The summed E-state index contributed by atoms with van der Waals surface area (Å²) in [6.07, 6.45) is 6.94. The van der Waals surface area contributed by atoms with Gasteiger partial charge in [-0.15, -0.1) is 0 Å². The van der Waals surface area contributed by atoms with Crippen LogP contribution in [0.5, 0.6) is 5.75 Å². The van der Waals surface area contributed by atoms with Crippen molar-refractivity contribution in [3.8, 4) is 5.75 Å². The van der Waals surface area contributed by atoms with Crippen LogP contribution in [0.1, 0.15) is 12.0 Å². The van der Waals surface area contributed by atoms with Crippen LogP contribution < -0.4 is 0 Å². The number of carbonyl (C=O) groups excluding carboxylic acids is 2. The van der Waals surface area contributed by atoms with E-state index in [2.05, 4.69) is 33.2 Å². The number of benzene rings is 1. The highest BCUT2D eigenvalue weighted by atomic mass is 79.9. The maximum absolute atomic E-state index is 12.8. The van der Waals surface area contributed by atoms with E-state index in [4.69, 9.17) is 0 Å². The van der Waals surface area contributed by atoms with Crippen molar-refractivity contribution in [2.45, 2.75) is 6.42 Å². The molecule has 2 saturated carbocycles. The summed E-state index contributed by atoms with van der Waals surface area (Å²) in [6, 6.07) is 4.91. The third-order valence-electron chi connectivity index (χ3n) is 5.93. The summed E-state index contributed by atoms with van der Waals surface area (Å²) < 4.78 is 0.543. The highest BCUT2D eigenvalue weighted by molar-refractivity contribution is 9.10. The molecule has 122 valence electrons. The lowest BCUT2D eigenvalue weighted by molar-refractivity contribution is -0.140. The minimum absolute atomic E-state index is 0.133. The smallest absolute Gasteiger partial charge is 0.254 e. The molecule has 1 aromatic rings. The SMILES string of the molecule is O=C1[C@@H]2[C@@H]3C=C[C@H]([C@@H]4C[C@H]34)[C@@H]2C(=O)N1/N=C\c1ccc(O)c(Br)c1. The largest absolute Gasteiger partial charge is 0.507 e. The Hall–Kier alpha value is -1.95. The molecule has 1 saturated heterocycles. The van der Waals surface area contributed by atoms with Crippen LogP contribution in [0, 0.1) is 35.5 Å². The average molecular weight is 387 g/mol. The van der Waals surface area contributed by atoms with Gasteiger partial charge in [0, 0.05) is 0 Å². The molecule has 2 bridgehead atoms. The molecule has 0 unspecified atom stereocenters. The Labute approximate surface area is 147 Å². The summed E-state index contributed by atoms with van der Waals surface area (Å²) >= 11 is 3.24. The van der Waals surface area contributed by atoms with Crippen molar-refractivity contribution >= 4 is 34.0 Å². The quantitative estimate of drug-likeness (QED) is 0.482. The highest BCUT2D eigenvalue weighted by Crippen LogP contribution is 2.65. The second kappa shape index (κ2) is 4.79. The molecule has 1 heterocycles. The van der Waals surface area contributed by atoms with E-state index in [1.165, 1.54) is 12.3 Å². The lowest BCUT2D eigenvalue weighted by Crippen LogP contribution is -2.40. The minimum Gasteiger partial charge on any atom is -0.507 e. The Morgan fingerprint density at radius 3 is 2.33 bits per heavy atom. The van der Waals surface area contributed by atoms with E-state index < -0.39 is 0 Å². The van der Waals surface area contributed by atoms with Gasteiger partial charge in [-0.3, -0.25) is 9.59 Å². The fourth-order valence-corrected chi connectivity index (χ4v) is 5.18. The number of carbonyl (C=O) groups is 2. The zero-order chi connectivity index (χ0) is 16.6. The van der Waals surface area contributed by atoms with Gasteiger partial charge < -0.3 is 5.11 Å². The number of rotatable bonds is 2. The summed E-state index contributed by atoms with van der Waals surface area (Å²) in [5.41, 5.74) is 0.707. The molecule has 24 heavy (non-hydrogen) atoms. The number of phenols is 1. The predicted molar refractivity (Wildman–Crippen MR) is 90.0 cm³/mol. The minimum atomic E-state index is -0.222. The first-order chi connectivity index (χ1) is 11.6. The van der Waals surface area contributed by atoms with Crippen molar-refractivity contribution in [1.29, 1.82) is 0 Å². The van der Waals surface area contributed by atoms with E-state index in [-0.39, 0.29) is 41.2 Å². The van der Waals surface area contributed by atoms with Crippen LogP contribution in [0.4, 0.5) is 0 Å². The summed E-state index contributed by atoms with van der Waals surface area (Å²) in [6.45, 7) is 0. The van der Waals surface area contributed by atoms with Crippen LogP contribution in [-0.4, -0.2) is 28.1 Å². The normalized spacial score (nSPS) is 38.8. The standard InChI is InChI=1S/C18H15BrN2O3/c19-13-5-8(1-4-14(13)22)7-20-21-17(23)15-9-2-3-10(12-6-11(9)12)16(15)18(21)24/h1-5,7,9-12,15-16,22H,6H2/b20-7-/t9-,10-,11-,12+,15-,16+/m1/s1. The fraction of sp³-hybridized carbons (Fsp3) is 0.389. The molecule has 0 aromatic heterocycles. The van der Waals surface area contributed by atoms with Crippen LogP contribution in [0.3, 0.4) is 0 Å². The van der Waals surface area contributed by atoms with Gasteiger partial charge in [-0.2, -0.15) is 10.1 Å². The number of allylic oxidation sites excluding steroid dienone is 2. The topological polar surface area (TPSA) is 70.0 Å². The molecule has 6 heteroatoms. The number of aromatic hydroxyl groups is 1. The van der Waals surface area contributed by atoms with Crippen LogP contribution in [0.2, 0.25) is 0 Å². The van der Waals surface area contributed by atoms with Crippen LogP contribution in [0.15, 0.2) is 39.9 Å². The monoisotopic (exact) mass is 386 g/mol. The average Bonchev–Trinajstić information content (AvgIpc) is 3.35. The van der Waals surface area contributed by atoms with Gasteiger partial charge >= 0.3 is 0 Å². The highest BCUT2D eigenvalue weighted by Gasteiger charge is 2.67. The second-order valence-electron chi connectivity index (χ2n) is 7.10. The van der Waals surface area contributed by atoms with Gasteiger partial charge in [0.05, 0.1) is 22.5 Å². The molecule has 1 aliphatic heterocycles. The van der Waals surface area contributed by atoms with E-state index in [0.29, 0.717) is 21.9 Å². The molecule has 3 fully saturated rings. The Bertz CT molecular complexity index is 798. The van der Waals surface area contributed by atoms with Crippen molar-refractivity contribution in [3.05, 3.63) is 40.4 Å². The fourth-order valence-electron chi connectivity index (χ4n) is 4.78. The zero-order valence-electron chi connectivity index (χ0n) is 12.7. The molecule has 1 aromatic carbocycles. The second-order valence-corrected chi connectivity index (χ2v) is 7.95. The van der Waals surface area contributed by atoms with E-state index in [1.807, 2.05) is 0 Å². The van der Waals surface area contributed by atoms with Crippen LogP contribution in [0.25, 0.3) is 0 Å². The number of amides is 2. The van der Waals surface area contributed by atoms with Gasteiger partial charge in [-0.1, -0.05) is 12.2 Å². The van der Waals surface area contributed by atoms with Gasteiger partial charge in [0.15, 0.2) is 0 Å². The first kappa shape index (κ1) is 14.4. The molecule has 0 radical (unpaired) electrons. The number of phenolic OH excluding ortho intramolecular Hbond substituents is 1. The number of hydrazone groups is 1. The number of nitrogens with zero attached hydrogens (tertiary/aromatic N) is 2. The molecule has 5 nitrogen and oxygen atoms in total. The Kier molecular flexibility index (Phi) is 2.87. The molecule has 5 aliphatic rings. The third kappa shape index (κ3) is 1.83. The molecule has 0 spiro atoms. The van der Waals surface area contributed by atoms with Crippen molar-refractivity contribution < 1.29 is 14.7 Å². The molecule has 6 rings (SSSR count). The maximum Gasteiger partial charge on any atom is 0.254 e. The Morgan fingerprint density at radius 1 is 1.12 bits per heavy atom. The summed E-state index contributed by atoms with van der Waals surface area (Å²) in [7, 11) is 0. The number of halogens is 1. The molecule has 1 N–H and O–H groups in total. The van der Waals surface area contributed by atoms with Crippen molar-refractivity contribution in [1.82, 2.24) is 5.01 Å². The predicted octanol–water partition coefficient (Wildman–Crippen LogP) is 2.54. The Morgan fingerprint density at radius 2 is 1.75 bits per heavy atom. The molecular formula is C18H15BrN2O3. The van der Waals surface area contributed by atoms with Gasteiger partial charge in [-0.05, 0) is 69.8 Å². The zero-order valence-corrected chi connectivity index (χ0v) is 14.3. The van der Waals surface area contributed by atoms with E-state index >= 15 is 0 Å². The van der Waals surface area contributed by atoms with Crippen LogP contribution in [-0.2, 0) is 9.59 Å². The van der Waals surface area contributed by atoms with Crippen LogP contribution >= 0.6 is 15.9 Å². The van der Waals surface area contributed by atoms with Gasteiger partial charge in [0.2, 0.25) is 0 Å². The number of imide groups is 1. The summed E-state index contributed by atoms with van der Waals surface area (Å²) in [5.74, 6) is 0.972. The lowest BCUT2D eigenvalue weighted by Gasteiger charge is -2.37. The first-order valence-electron chi connectivity index (χ1n) is 8.15. The van der Waals surface area contributed by atoms with E-state index in [0.717, 1.165) is 11.4 Å². The lowest BCUT2D eigenvalue weighted by atomic mass is 9.63. The molecular weight excluding hydrogens is 372 g/mol.